The second-order valence-corrected chi connectivity index (χ2v) is 17.7. The van der Waals surface area contributed by atoms with Gasteiger partial charge in [0.05, 0.1) is 0 Å². The number of hydrogen-bond donors (Lipinski definition) is 0. The van der Waals surface area contributed by atoms with E-state index in [-0.39, 0.29) is 16.2 Å². The normalized spacial score (nSPS) is 14.3. The van der Waals surface area contributed by atoms with Crippen molar-refractivity contribution in [3.8, 4) is 5.30 Å². The molecule has 0 fully saturated rings. The molecule has 0 aliphatic carbocycles. The summed E-state index contributed by atoms with van der Waals surface area (Å²) in [6, 6.07) is 4.94. The molecular weight excluding hydrogens is 478 g/mol. The van der Waals surface area contributed by atoms with E-state index in [1.807, 2.05) is 0 Å². The molecule has 2 rings (SSSR count). The average molecular weight is 533 g/mol. The minimum atomic E-state index is -2.87. The van der Waals surface area contributed by atoms with Gasteiger partial charge in [-0.2, -0.15) is 0 Å². The van der Waals surface area contributed by atoms with Crippen LogP contribution in [0.5, 0.6) is 0 Å². The summed E-state index contributed by atoms with van der Waals surface area (Å²) in [6.45, 7) is 34.9. The molecule has 1 heterocycles. The highest BCUT2D eigenvalue weighted by atomic mass is 31.2. The SMILES string of the molecule is CCN(CC)P(=O)(c1cp(-c2c(C(C)(C)C)cc(C(C)(C)C)cc2C(C)(C)C)cc1C)N(CC)CC. The molecule has 0 bridgehead atoms. The van der Waals surface area contributed by atoms with Crippen LogP contribution in [0, 0.1) is 6.92 Å². The van der Waals surface area contributed by atoms with E-state index in [4.69, 9.17) is 0 Å². The third kappa shape index (κ3) is 6.07. The van der Waals surface area contributed by atoms with Crippen LogP contribution in [0.25, 0.3) is 5.30 Å². The zero-order chi connectivity index (χ0) is 27.9. The molecule has 1 unspecified atom stereocenters. The maximum absolute atomic E-state index is 15.0. The van der Waals surface area contributed by atoms with Crippen molar-refractivity contribution in [3.63, 3.8) is 0 Å². The predicted octanol–water partition coefficient (Wildman–Crippen LogP) is 9.37. The summed E-state index contributed by atoms with van der Waals surface area (Å²) in [7, 11) is -3.59. The van der Waals surface area contributed by atoms with E-state index >= 15 is 4.57 Å². The van der Waals surface area contributed by atoms with Crippen LogP contribution in [0.2, 0.25) is 0 Å². The highest BCUT2D eigenvalue weighted by Crippen LogP contribution is 2.58. The lowest BCUT2D eigenvalue weighted by atomic mass is 9.75. The zero-order valence-electron chi connectivity index (χ0n) is 25.8. The van der Waals surface area contributed by atoms with Crippen molar-refractivity contribution < 1.29 is 4.57 Å². The van der Waals surface area contributed by atoms with Gasteiger partial charge in [-0.25, -0.2) is 9.34 Å². The zero-order valence-corrected chi connectivity index (χ0v) is 27.6. The first-order chi connectivity index (χ1) is 16.4. The van der Waals surface area contributed by atoms with Crippen LogP contribution in [0.15, 0.2) is 23.7 Å². The van der Waals surface area contributed by atoms with Gasteiger partial charge in [0, 0.05) is 36.8 Å². The molecular formula is C31H54N2OP2. The first kappa shape index (κ1) is 31.4. The Morgan fingerprint density at radius 3 is 1.39 bits per heavy atom. The Kier molecular flexibility index (Phi) is 9.67. The smallest absolute Gasteiger partial charge is 0.246 e. The van der Waals surface area contributed by atoms with Crippen LogP contribution in [-0.4, -0.2) is 35.5 Å². The maximum Gasteiger partial charge on any atom is 0.246 e. The number of aryl methyl sites for hydroxylation is 1. The second-order valence-electron chi connectivity index (χ2n) is 13.2. The summed E-state index contributed by atoms with van der Waals surface area (Å²) in [5.41, 5.74) is 5.58. The van der Waals surface area contributed by atoms with Crippen molar-refractivity contribution in [1.29, 1.82) is 0 Å². The van der Waals surface area contributed by atoms with Crippen molar-refractivity contribution in [3.05, 3.63) is 46.0 Å². The Balaban J connectivity index is 3.01. The fraction of sp³-hybridized carbons (Fsp3) is 0.677. The summed E-state index contributed by atoms with van der Waals surface area (Å²) < 4.78 is 19.4. The van der Waals surface area contributed by atoms with Crippen LogP contribution < -0.4 is 5.30 Å². The van der Waals surface area contributed by atoms with Gasteiger partial charge in [-0.05, 0) is 57.0 Å². The van der Waals surface area contributed by atoms with Gasteiger partial charge in [0.25, 0.3) is 0 Å². The Morgan fingerprint density at radius 1 is 0.694 bits per heavy atom. The molecule has 0 amide bonds. The molecule has 1 aromatic carbocycles. The van der Waals surface area contributed by atoms with Gasteiger partial charge >= 0.3 is 0 Å². The first-order valence-corrected chi connectivity index (χ1v) is 17.0. The first-order valence-electron chi connectivity index (χ1n) is 13.9. The lowest BCUT2D eigenvalue weighted by Crippen LogP contribution is -2.37. The lowest BCUT2D eigenvalue weighted by molar-refractivity contribution is 0.369. The number of benzene rings is 1. The minimum absolute atomic E-state index is 0.0126. The Hall–Kier alpha value is -0.850. The lowest BCUT2D eigenvalue weighted by Gasteiger charge is -2.38. The van der Waals surface area contributed by atoms with E-state index in [1.54, 1.807) is 0 Å². The Labute approximate surface area is 224 Å². The third-order valence-electron chi connectivity index (χ3n) is 7.39. The summed E-state index contributed by atoms with van der Waals surface area (Å²) in [5.74, 6) is 4.86. The number of hydrogen-bond acceptors (Lipinski definition) is 1. The fourth-order valence-electron chi connectivity index (χ4n) is 5.17. The van der Waals surface area contributed by atoms with Gasteiger partial charge < -0.3 is 0 Å². The monoisotopic (exact) mass is 532 g/mol. The fourth-order valence-corrected chi connectivity index (χ4v) is 12.0. The summed E-state index contributed by atoms with van der Waals surface area (Å²) in [6.07, 6.45) is 0. The number of nitrogens with zero attached hydrogens (tertiary/aromatic N) is 2. The summed E-state index contributed by atoms with van der Waals surface area (Å²) in [4.78, 5) is 0. The highest BCUT2D eigenvalue weighted by molar-refractivity contribution is 7.69. The van der Waals surface area contributed by atoms with Crippen molar-refractivity contribution in [2.45, 2.75) is 113 Å². The van der Waals surface area contributed by atoms with Gasteiger partial charge in [0.2, 0.25) is 7.44 Å². The molecule has 1 atom stereocenters. The van der Waals surface area contributed by atoms with Crippen LogP contribution >= 0.6 is 15.0 Å². The molecule has 0 aliphatic heterocycles. The van der Waals surface area contributed by atoms with Crippen LogP contribution in [0.3, 0.4) is 0 Å². The topological polar surface area (TPSA) is 23.6 Å². The van der Waals surface area contributed by atoms with Crippen molar-refractivity contribution in [2.75, 3.05) is 26.2 Å². The molecule has 1 aromatic heterocycles. The van der Waals surface area contributed by atoms with Gasteiger partial charge in [-0.1, -0.05) is 110 Å². The van der Waals surface area contributed by atoms with Gasteiger partial charge in [-0.15, -0.1) is 0 Å². The van der Waals surface area contributed by atoms with E-state index in [0.717, 1.165) is 31.5 Å². The molecule has 0 saturated carbocycles. The van der Waals surface area contributed by atoms with Crippen molar-refractivity contribution in [2.24, 2.45) is 0 Å². The van der Waals surface area contributed by atoms with E-state index in [9.17, 15) is 0 Å². The molecule has 2 aromatic rings. The molecule has 0 spiro atoms. The van der Waals surface area contributed by atoms with E-state index in [2.05, 4.69) is 130 Å². The summed E-state index contributed by atoms with van der Waals surface area (Å²) in [5, 5.41) is 2.54. The summed E-state index contributed by atoms with van der Waals surface area (Å²) >= 11 is 0. The molecule has 0 aliphatic rings. The van der Waals surface area contributed by atoms with Crippen molar-refractivity contribution in [1.82, 2.24) is 9.34 Å². The minimum Gasteiger partial charge on any atom is -0.283 e. The number of rotatable bonds is 8. The van der Waals surface area contributed by atoms with E-state index < -0.39 is 15.0 Å². The van der Waals surface area contributed by atoms with E-state index in [1.165, 1.54) is 27.6 Å². The largest absolute Gasteiger partial charge is 0.283 e. The van der Waals surface area contributed by atoms with Crippen molar-refractivity contribution >= 4 is 20.3 Å². The van der Waals surface area contributed by atoms with E-state index in [0.29, 0.717) is 0 Å². The average Bonchev–Trinajstić information content (AvgIpc) is 3.14. The van der Waals surface area contributed by atoms with Gasteiger partial charge in [0.1, 0.15) is 0 Å². The molecule has 36 heavy (non-hydrogen) atoms. The Bertz CT molecular complexity index is 1030. The molecule has 5 heteroatoms. The third-order valence-corrected chi connectivity index (χ3v) is 13.6. The maximum atomic E-state index is 15.0. The molecule has 0 radical (unpaired) electrons. The van der Waals surface area contributed by atoms with Gasteiger partial charge in [0.15, 0.2) is 0 Å². The quantitative estimate of drug-likeness (QED) is 0.316. The molecule has 0 N–H and O–H groups in total. The van der Waals surface area contributed by atoms with Crippen LogP contribution in [-0.2, 0) is 20.8 Å². The predicted molar refractivity (Wildman–Crippen MR) is 164 cm³/mol. The van der Waals surface area contributed by atoms with Crippen LogP contribution in [0.4, 0.5) is 0 Å². The Morgan fingerprint density at radius 2 is 1.08 bits per heavy atom. The molecule has 204 valence electrons. The van der Waals surface area contributed by atoms with Gasteiger partial charge in [-0.3, -0.25) is 4.57 Å². The second kappa shape index (κ2) is 11.1. The highest BCUT2D eigenvalue weighted by Gasteiger charge is 2.39. The van der Waals surface area contributed by atoms with Crippen LogP contribution in [0.1, 0.15) is 112 Å². The molecule has 0 saturated heterocycles. The standard InChI is InChI=1S/C31H54N2OP2/c1-15-32(16-2)36(34,33(17-3)18-4)27-22-35(21-23(27)5)28-25(30(9,10)11)19-24(29(6,7)8)20-26(28)31(12,13)14/h19-22H,15-18H2,1-14H3. The molecule has 3 nitrogen and oxygen atoms in total.